The van der Waals surface area contributed by atoms with Crippen molar-refractivity contribution in [2.75, 3.05) is 0 Å². The fourth-order valence-corrected chi connectivity index (χ4v) is 6.57. The van der Waals surface area contributed by atoms with Crippen molar-refractivity contribution in [1.82, 2.24) is 14.5 Å². The summed E-state index contributed by atoms with van der Waals surface area (Å²) in [6, 6.07) is 8.95. The van der Waals surface area contributed by atoms with Gasteiger partial charge >= 0.3 is 5.69 Å². The summed E-state index contributed by atoms with van der Waals surface area (Å²) >= 11 is 0. The number of H-pyrrole nitrogens is 2. The lowest BCUT2D eigenvalue weighted by molar-refractivity contribution is -0.112. The van der Waals surface area contributed by atoms with Crippen LogP contribution in [-0.4, -0.2) is 37.3 Å². The first-order valence-corrected chi connectivity index (χ1v) is 13.5. The number of alkyl halides is 1. The lowest BCUT2D eigenvalue weighted by atomic mass is 9.73. The molecule has 4 aromatic rings. The van der Waals surface area contributed by atoms with Crippen molar-refractivity contribution in [3.05, 3.63) is 103 Å². The van der Waals surface area contributed by atoms with Crippen LogP contribution in [0.25, 0.3) is 22.2 Å². The van der Waals surface area contributed by atoms with E-state index in [2.05, 4.69) is 9.97 Å². The molecule has 0 saturated heterocycles. The number of primary amides is 1. The largest absolute Gasteiger partial charge is 0.390 e. The first-order chi connectivity index (χ1) is 19.4. The molecule has 0 aliphatic heterocycles. The molecule has 5 N–H and O–H groups in total. The van der Waals surface area contributed by atoms with Crippen LogP contribution in [0.4, 0.5) is 8.78 Å². The molecule has 0 radical (unpaired) electrons. The molecule has 2 aromatic carbocycles. The minimum absolute atomic E-state index is 0.00724. The maximum atomic E-state index is 16.1. The van der Waals surface area contributed by atoms with Crippen molar-refractivity contribution in [2.45, 2.75) is 57.7 Å². The lowest BCUT2D eigenvalue weighted by Gasteiger charge is -2.34. The van der Waals surface area contributed by atoms with Crippen molar-refractivity contribution in [3.63, 3.8) is 0 Å². The molecule has 2 aliphatic rings. The number of amides is 1. The number of nitrogens with two attached hydrogens (primary N) is 1. The molecule has 0 bridgehead atoms. The topological polar surface area (TPSA) is 134 Å². The lowest BCUT2D eigenvalue weighted by Crippen LogP contribution is -2.35. The van der Waals surface area contributed by atoms with Crippen LogP contribution in [0, 0.1) is 18.7 Å². The number of allylic oxidation sites excluding steroid dienone is 1. The van der Waals surface area contributed by atoms with Crippen molar-refractivity contribution < 1.29 is 18.7 Å². The van der Waals surface area contributed by atoms with Gasteiger partial charge in [-0.1, -0.05) is 18.2 Å². The van der Waals surface area contributed by atoms with Gasteiger partial charge < -0.3 is 20.8 Å². The van der Waals surface area contributed by atoms with E-state index in [1.807, 2.05) is 0 Å². The molecule has 2 aromatic heterocycles. The number of nitrogens with zero attached hydrogens (tertiary/aromatic N) is 1. The number of benzene rings is 2. The molecule has 3 atom stereocenters. The zero-order valence-electron chi connectivity index (χ0n) is 22.8. The summed E-state index contributed by atoms with van der Waals surface area (Å²) < 4.78 is 31.4. The number of carbonyl (C=O) groups excluding carboxylic acids is 1. The van der Waals surface area contributed by atoms with Gasteiger partial charge in [0.1, 0.15) is 12.0 Å². The molecule has 6 rings (SSSR count). The smallest absolute Gasteiger partial charge is 0.333 e. The van der Waals surface area contributed by atoms with Gasteiger partial charge in [0.05, 0.1) is 33.5 Å². The predicted octanol–water partition coefficient (Wildman–Crippen LogP) is 3.68. The molecule has 2 heterocycles. The molecule has 0 fully saturated rings. The van der Waals surface area contributed by atoms with E-state index in [0.717, 1.165) is 21.9 Å². The second-order valence-electron chi connectivity index (χ2n) is 11.6. The average Bonchev–Trinajstić information content (AvgIpc) is 3.28. The number of halogens is 2. The average molecular weight is 561 g/mol. The third-order valence-electron chi connectivity index (χ3n) is 8.72. The van der Waals surface area contributed by atoms with Gasteiger partial charge in [0.25, 0.3) is 11.5 Å². The number of hydrogen-bond acceptors (Lipinski definition) is 4. The monoisotopic (exact) mass is 560 g/mol. The first kappa shape index (κ1) is 26.9. The normalized spacial score (nSPS) is 20.4. The Hall–Kier alpha value is -4.31. The maximum Gasteiger partial charge on any atom is 0.333 e. The second-order valence-corrected chi connectivity index (χ2v) is 11.6. The van der Waals surface area contributed by atoms with Crippen LogP contribution in [0.15, 0.2) is 52.1 Å². The summed E-state index contributed by atoms with van der Waals surface area (Å²) in [6.45, 7) is 5.23. The molecular formula is C31H30F2N4O4. The standard InChI is InChI=1S/C31H30F2N4O4/c1-14-16(6-5-9-23(14)37-29(39)18-7-4-8-20(32)26(18)36-30(37)40)24-21(33)13-19(28(34)38)27-25(24)17-11-10-15(31(2,3)41)12-22(17)35-27/h4-9,13,15,21,24,35,41H,10-12H2,1-3H3,(H2,34,38)(H,36,40)/t15-,21+,24?/m0/s1. The van der Waals surface area contributed by atoms with Gasteiger partial charge in [0.2, 0.25) is 0 Å². The van der Waals surface area contributed by atoms with Crippen LogP contribution in [0.5, 0.6) is 0 Å². The fraction of sp³-hybridized carbons (Fsp3) is 0.323. The van der Waals surface area contributed by atoms with Crippen LogP contribution < -0.4 is 17.0 Å². The summed E-state index contributed by atoms with van der Waals surface area (Å²) in [5.74, 6) is -2.35. The Morgan fingerprint density at radius 1 is 1.15 bits per heavy atom. The SMILES string of the molecule is Cc1c(C2c3c([nH]c4c3CC[C@H](C(C)(C)O)C4)C(C(N)=O)=C[C@H]2F)cccc1-n1c(=O)[nH]c2c(F)cccc2c1=O. The van der Waals surface area contributed by atoms with Gasteiger partial charge in [-0.3, -0.25) is 9.59 Å². The molecule has 0 saturated carbocycles. The van der Waals surface area contributed by atoms with E-state index in [0.29, 0.717) is 41.6 Å². The van der Waals surface area contributed by atoms with E-state index < -0.39 is 40.7 Å². The molecule has 41 heavy (non-hydrogen) atoms. The number of aromatic amines is 2. The number of aromatic nitrogens is 3. The number of aliphatic hydroxyl groups is 1. The number of fused-ring (bicyclic) bond motifs is 4. The third-order valence-corrected chi connectivity index (χ3v) is 8.72. The second kappa shape index (κ2) is 9.37. The van der Waals surface area contributed by atoms with E-state index >= 15 is 4.39 Å². The minimum atomic E-state index is -1.62. The highest BCUT2D eigenvalue weighted by Gasteiger charge is 2.41. The number of hydrogen-bond donors (Lipinski definition) is 4. The summed E-state index contributed by atoms with van der Waals surface area (Å²) in [6.07, 6.45) is 1.37. The number of nitrogens with one attached hydrogen (secondary N) is 2. The fourth-order valence-electron chi connectivity index (χ4n) is 6.57. The Balaban J connectivity index is 1.55. The summed E-state index contributed by atoms with van der Waals surface area (Å²) in [7, 11) is 0. The zero-order chi connectivity index (χ0) is 29.4. The van der Waals surface area contributed by atoms with Crippen LogP contribution in [0.2, 0.25) is 0 Å². The highest BCUT2D eigenvalue weighted by atomic mass is 19.1. The number of para-hydroxylation sites is 1. The van der Waals surface area contributed by atoms with Crippen LogP contribution in [-0.2, 0) is 17.6 Å². The Labute approximate surface area is 233 Å². The quantitative estimate of drug-likeness (QED) is 0.303. The highest BCUT2D eigenvalue weighted by molar-refractivity contribution is 6.19. The van der Waals surface area contributed by atoms with Gasteiger partial charge in [0.15, 0.2) is 0 Å². The van der Waals surface area contributed by atoms with Crippen LogP contribution >= 0.6 is 0 Å². The molecule has 1 amide bonds. The number of carbonyl (C=O) groups is 1. The van der Waals surface area contributed by atoms with E-state index in [-0.39, 0.29) is 28.1 Å². The molecular weight excluding hydrogens is 530 g/mol. The molecule has 0 spiro atoms. The van der Waals surface area contributed by atoms with Crippen molar-refractivity contribution in [2.24, 2.45) is 11.7 Å². The summed E-state index contributed by atoms with van der Waals surface area (Å²) in [5, 5.41) is 10.7. The van der Waals surface area contributed by atoms with Gasteiger partial charge in [-0.05, 0) is 92.5 Å². The Morgan fingerprint density at radius 3 is 2.59 bits per heavy atom. The number of rotatable bonds is 4. The molecule has 2 aliphatic carbocycles. The van der Waals surface area contributed by atoms with Gasteiger partial charge in [-0.25, -0.2) is 18.1 Å². The van der Waals surface area contributed by atoms with Crippen molar-refractivity contribution >= 4 is 22.4 Å². The predicted molar refractivity (Wildman–Crippen MR) is 151 cm³/mol. The Kier molecular flexibility index (Phi) is 6.15. The van der Waals surface area contributed by atoms with Gasteiger partial charge in [0, 0.05) is 11.6 Å². The van der Waals surface area contributed by atoms with Crippen molar-refractivity contribution in [3.8, 4) is 5.69 Å². The van der Waals surface area contributed by atoms with E-state index in [1.165, 1.54) is 18.2 Å². The van der Waals surface area contributed by atoms with Crippen LogP contribution in [0.3, 0.4) is 0 Å². The van der Waals surface area contributed by atoms with Gasteiger partial charge in [-0.15, -0.1) is 0 Å². The molecule has 8 nitrogen and oxygen atoms in total. The molecule has 1 unspecified atom stereocenters. The summed E-state index contributed by atoms with van der Waals surface area (Å²) in [5.41, 5.74) is 7.19. The van der Waals surface area contributed by atoms with Crippen LogP contribution in [0.1, 0.15) is 59.8 Å². The maximum absolute atomic E-state index is 16.1. The Morgan fingerprint density at radius 2 is 1.88 bits per heavy atom. The highest BCUT2D eigenvalue weighted by Crippen LogP contribution is 2.47. The molecule has 212 valence electrons. The van der Waals surface area contributed by atoms with Gasteiger partial charge in [-0.2, -0.15) is 0 Å². The zero-order valence-corrected chi connectivity index (χ0v) is 22.8. The van der Waals surface area contributed by atoms with E-state index in [9.17, 15) is 23.9 Å². The third kappa shape index (κ3) is 4.16. The first-order valence-electron chi connectivity index (χ1n) is 13.5. The van der Waals surface area contributed by atoms with E-state index in [1.54, 1.807) is 39.0 Å². The van der Waals surface area contributed by atoms with E-state index in [4.69, 9.17) is 5.73 Å². The molecule has 10 heteroatoms. The Bertz CT molecular complexity index is 1890. The minimum Gasteiger partial charge on any atom is -0.390 e. The summed E-state index contributed by atoms with van der Waals surface area (Å²) in [4.78, 5) is 44.6. The van der Waals surface area contributed by atoms with Crippen molar-refractivity contribution in [1.29, 1.82) is 0 Å².